The number of carbonyl (C=O) groups excluding carboxylic acids is 1. The number of hydrogen-bond donors (Lipinski definition) is 0. The Kier molecular flexibility index (Phi) is 4.75. The number of halogens is 6. The first-order chi connectivity index (χ1) is 12.5. The van der Waals surface area contributed by atoms with Crippen LogP contribution in [-0.2, 0) is 12.4 Å². The molecule has 0 N–H and O–H groups in total. The highest BCUT2D eigenvalue weighted by Gasteiger charge is 2.39. The van der Waals surface area contributed by atoms with Crippen molar-refractivity contribution in [3.05, 3.63) is 59.4 Å². The summed E-state index contributed by atoms with van der Waals surface area (Å²) in [5, 5.41) is 0. The van der Waals surface area contributed by atoms with Crippen LogP contribution in [0.15, 0.2) is 42.7 Å². The molecule has 0 bridgehead atoms. The smallest absolute Gasteiger partial charge is 0.416 e. The molecule has 27 heavy (non-hydrogen) atoms. The molecule has 1 aliphatic heterocycles. The second-order valence-electron chi connectivity index (χ2n) is 5.93. The number of hydrogen-bond acceptors (Lipinski definition) is 3. The highest BCUT2D eigenvalue weighted by atomic mass is 19.4. The minimum Gasteiger partial charge on any atom is -0.485 e. The van der Waals surface area contributed by atoms with E-state index < -0.39 is 41.1 Å². The van der Waals surface area contributed by atoms with Crippen LogP contribution in [0.25, 0.3) is 0 Å². The third-order valence-corrected chi connectivity index (χ3v) is 3.91. The summed E-state index contributed by atoms with van der Waals surface area (Å²) in [5.41, 5.74) is -3.72. The Morgan fingerprint density at radius 2 is 1.63 bits per heavy atom. The fourth-order valence-electron chi connectivity index (χ4n) is 2.55. The number of aromatic nitrogens is 1. The van der Waals surface area contributed by atoms with E-state index in [0.717, 1.165) is 4.90 Å². The van der Waals surface area contributed by atoms with E-state index in [1.54, 1.807) is 12.1 Å². The third-order valence-electron chi connectivity index (χ3n) is 3.91. The summed E-state index contributed by atoms with van der Waals surface area (Å²) in [6, 6.07) is 4.11. The molecule has 2 heterocycles. The first-order valence-electron chi connectivity index (χ1n) is 7.69. The Bertz CT molecular complexity index is 797. The van der Waals surface area contributed by atoms with Crippen molar-refractivity contribution in [2.45, 2.75) is 18.5 Å². The van der Waals surface area contributed by atoms with Crippen molar-refractivity contribution < 1.29 is 35.9 Å². The number of amides is 1. The molecule has 0 aliphatic carbocycles. The number of rotatable bonds is 3. The maximum absolute atomic E-state index is 12.9. The topological polar surface area (TPSA) is 42.4 Å². The van der Waals surface area contributed by atoms with Crippen LogP contribution in [0.2, 0.25) is 0 Å². The third kappa shape index (κ3) is 4.32. The van der Waals surface area contributed by atoms with Gasteiger partial charge in [-0.05, 0) is 30.3 Å². The molecule has 1 aromatic carbocycles. The maximum atomic E-state index is 12.9. The number of alkyl halides is 6. The number of nitrogens with zero attached hydrogens (tertiary/aromatic N) is 2. The maximum Gasteiger partial charge on any atom is 0.416 e. The zero-order valence-electron chi connectivity index (χ0n) is 13.5. The first-order valence-corrected chi connectivity index (χ1v) is 7.69. The van der Waals surface area contributed by atoms with Crippen molar-refractivity contribution in [2.24, 2.45) is 0 Å². The van der Waals surface area contributed by atoms with E-state index in [-0.39, 0.29) is 19.2 Å². The van der Waals surface area contributed by atoms with E-state index in [0.29, 0.717) is 17.9 Å². The molecule has 1 aromatic heterocycles. The van der Waals surface area contributed by atoms with Crippen molar-refractivity contribution in [3.8, 4) is 5.75 Å². The van der Waals surface area contributed by atoms with E-state index in [2.05, 4.69) is 4.98 Å². The average Bonchev–Trinajstić information content (AvgIpc) is 2.56. The van der Waals surface area contributed by atoms with Crippen LogP contribution in [0.1, 0.15) is 21.5 Å². The Morgan fingerprint density at radius 1 is 1.04 bits per heavy atom. The van der Waals surface area contributed by atoms with E-state index in [1.165, 1.54) is 12.4 Å². The molecule has 1 saturated heterocycles. The van der Waals surface area contributed by atoms with Crippen LogP contribution < -0.4 is 4.74 Å². The van der Waals surface area contributed by atoms with Crippen molar-refractivity contribution in [2.75, 3.05) is 13.1 Å². The van der Waals surface area contributed by atoms with Gasteiger partial charge in [0.05, 0.1) is 30.4 Å². The van der Waals surface area contributed by atoms with Crippen LogP contribution in [-0.4, -0.2) is 35.0 Å². The first kappa shape index (κ1) is 19.0. The fourth-order valence-corrected chi connectivity index (χ4v) is 2.55. The molecule has 0 radical (unpaired) electrons. The predicted molar refractivity (Wildman–Crippen MR) is 81.0 cm³/mol. The predicted octanol–water partition coefficient (Wildman–Crippen LogP) is 4.02. The van der Waals surface area contributed by atoms with E-state index in [1.807, 2.05) is 0 Å². The monoisotopic (exact) mass is 390 g/mol. The molecule has 3 rings (SSSR count). The Hall–Kier alpha value is -2.78. The Labute approximate surface area is 149 Å². The summed E-state index contributed by atoms with van der Waals surface area (Å²) in [5.74, 6) is -0.467. The van der Waals surface area contributed by atoms with Gasteiger partial charge in [0.25, 0.3) is 5.91 Å². The van der Waals surface area contributed by atoms with E-state index >= 15 is 0 Å². The van der Waals surface area contributed by atoms with Crippen LogP contribution in [0.5, 0.6) is 5.75 Å². The number of carbonyl (C=O) groups is 1. The van der Waals surface area contributed by atoms with Gasteiger partial charge in [-0.3, -0.25) is 9.78 Å². The molecule has 1 amide bonds. The van der Waals surface area contributed by atoms with Gasteiger partial charge in [0, 0.05) is 11.8 Å². The van der Waals surface area contributed by atoms with Crippen LogP contribution in [0.4, 0.5) is 26.3 Å². The molecule has 10 heteroatoms. The minimum absolute atomic E-state index is 0.0127. The molecule has 0 unspecified atom stereocenters. The van der Waals surface area contributed by atoms with Gasteiger partial charge >= 0.3 is 12.4 Å². The lowest BCUT2D eigenvalue weighted by Crippen LogP contribution is -2.56. The molecular weight excluding hydrogens is 378 g/mol. The van der Waals surface area contributed by atoms with Crippen molar-refractivity contribution >= 4 is 5.91 Å². The highest BCUT2D eigenvalue weighted by Crippen LogP contribution is 2.36. The second kappa shape index (κ2) is 6.75. The molecule has 0 atom stereocenters. The van der Waals surface area contributed by atoms with Crippen molar-refractivity contribution in [1.82, 2.24) is 9.88 Å². The number of pyridine rings is 1. The quantitative estimate of drug-likeness (QED) is 0.744. The summed E-state index contributed by atoms with van der Waals surface area (Å²) in [4.78, 5) is 17.3. The Balaban J connectivity index is 1.75. The molecule has 1 aliphatic rings. The molecular formula is C17H12F6N2O2. The normalized spacial score (nSPS) is 15.4. The van der Waals surface area contributed by atoms with Gasteiger partial charge in [0.2, 0.25) is 0 Å². The highest BCUT2D eigenvalue weighted by molar-refractivity contribution is 5.95. The minimum atomic E-state index is -5.00. The second-order valence-corrected chi connectivity index (χ2v) is 5.93. The van der Waals surface area contributed by atoms with Gasteiger partial charge in [-0.1, -0.05) is 0 Å². The van der Waals surface area contributed by atoms with Crippen LogP contribution >= 0.6 is 0 Å². The van der Waals surface area contributed by atoms with Gasteiger partial charge < -0.3 is 9.64 Å². The molecule has 0 spiro atoms. The van der Waals surface area contributed by atoms with Crippen molar-refractivity contribution in [3.63, 3.8) is 0 Å². The lowest BCUT2D eigenvalue weighted by Gasteiger charge is -2.39. The Morgan fingerprint density at radius 3 is 2.11 bits per heavy atom. The van der Waals surface area contributed by atoms with E-state index in [9.17, 15) is 31.1 Å². The summed E-state index contributed by atoms with van der Waals surface area (Å²) in [7, 11) is 0. The van der Waals surface area contributed by atoms with Gasteiger partial charge in [-0.2, -0.15) is 26.3 Å². The fraction of sp³-hybridized carbons (Fsp3) is 0.294. The zero-order chi connectivity index (χ0) is 19.8. The lowest BCUT2D eigenvalue weighted by atomic mass is 10.0. The number of benzene rings is 1. The van der Waals surface area contributed by atoms with Crippen LogP contribution in [0.3, 0.4) is 0 Å². The molecule has 1 fully saturated rings. The summed E-state index contributed by atoms with van der Waals surface area (Å²) in [6.45, 7) is 0.0939. The van der Waals surface area contributed by atoms with E-state index in [4.69, 9.17) is 4.74 Å². The summed E-state index contributed by atoms with van der Waals surface area (Å²) >= 11 is 0. The average molecular weight is 390 g/mol. The van der Waals surface area contributed by atoms with Gasteiger partial charge in [-0.15, -0.1) is 0 Å². The standard InChI is InChI=1S/C17H12F6N2O2/c18-16(19,20)11-4-10(5-12(6-11)17(21,22)23)15(26)25-8-14(9-25)27-13-2-1-3-24-7-13/h1-7,14H,8-9H2. The van der Waals surface area contributed by atoms with Crippen LogP contribution in [0, 0.1) is 0 Å². The van der Waals surface area contributed by atoms with Gasteiger partial charge in [-0.25, -0.2) is 0 Å². The lowest BCUT2D eigenvalue weighted by molar-refractivity contribution is -0.143. The summed E-state index contributed by atoms with van der Waals surface area (Å²) < 4.78 is 82.8. The molecule has 2 aromatic rings. The molecule has 0 saturated carbocycles. The van der Waals surface area contributed by atoms with Crippen molar-refractivity contribution in [1.29, 1.82) is 0 Å². The van der Waals surface area contributed by atoms with Gasteiger partial charge in [0.15, 0.2) is 0 Å². The zero-order valence-corrected chi connectivity index (χ0v) is 13.5. The SMILES string of the molecule is O=C(c1cc(C(F)(F)F)cc(C(F)(F)F)c1)N1CC(Oc2cccnc2)C1. The number of ether oxygens (including phenoxy) is 1. The summed E-state index contributed by atoms with van der Waals surface area (Å²) in [6.07, 6.45) is -7.43. The number of likely N-dealkylation sites (tertiary alicyclic amines) is 1. The molecule has 144 valence electrons. The molecule has 4 nitrogen and oxygen atoms in total. The largest absolute Gasteiger partial charge is 0.485 e. The van der Waals surface area contributed by atoms with Gasteiger partial charge in [0.1, 0.15) is 11.9 Å².